The molecule has 0 radical (unpaired) electrons. The maximum atomic E-state index is 12.2. The van der Waals surface area contributed by atoms with Gasteiger partial charge in [-0.05, 0) is 37.1 Å². The summed E-state index contributed by atoms with van der Waals surface area (Å²) in [6.07, 6.45) is 2.93. The number of carbonyl (C=O) groups excluding carboxylic acids is 1. The number of benzene rings is 1. The fraction of sp³-hybridized carbons (Fsp3) is 0.444. The molecule has 1 aliphatic rings. The number of nitrogens with zero attached hydrogens (tertiary/aromatic N) is 2. The van der Waals surface area contributed by atoms with E-state index < -0.39 is 0 Å². The molecule has 23 heavy (non-hydrogen) atoms. The van der Waals surface area contributed by atoms with Gasteiger partial charge in [0.05, 0.1) is 17.3 Å². The van der Waals surface area contributed by atoms with E-state index in [0.717, 1.165) is 30.6 Å². The maximum Gasteiger partial charge on any atom is 0.315 e. The second-order valence-electron chi connectivity index (χ2n) is 7.05. The van der Waals surface area contributed by atoms with E-state index >= 15 is 0 Å². The van der Waals surface area contributed by atoms with Crippen LogP contribution in [0.1, 0.15) is 45.7 Å². The monoisotopic (exact) mass is 332 g/mol. The Kier molecular flexibility index (Phi) is 4.19. The normalized spacial score (nSPS) is 15.3. The summed E-state index contributed by atoms with van der Waals surface area (Å²) in [6, 6.07) is 9.18. The molecule has 1 heterocycles. The Morgan fingerprint density at radius 2 is 1.91 bits per heavy atom. The van der Waals surface area contributed by atoms with Crippen molar-refractivity contribution in [3.63, 3.8) is 0 Å². The molecule has 1 aliphatic carbocycles. The first-order valence-electron chi connectivity index (χ1n) is 7.93. The third-order valence-electron chi connectivity index (χ3n) is 4.16. The average Bonchev–Trinajstić information content (AvgIpc) is 2.81. The number of esters is 1. The molecule has 0 amide bonds. The van der Waals surface area contributed by atoms with Crippen LogP contribution in [0.3, 0.4) is 0 Å². The van der Waals surface area contributed by atoms with E-state index in [2.05, 4.69) is 25.9 Å². The van der Waals surface area contributed by atoms with Crippen molar-refractivity contribution in [1.29, 1.82) is 0 Å². The molecule has 122 valence electrons. The van der Waals surface area contributed by atoms with Gasteiger partial charge in [0.2, 0.25) is 5.88 Å². The molecule has 0 unspecified atom stereocenters. The molecule has 0 aliphatic heterocycles. The van der Waals surface area contributed by atoms with Crippen molar-refractivity contribution in [2.45, 2.75) is 45.4 Å². The molecule has 0 bridgehead atoms. The standard InChI is InChI=1S/C18H21ClN2O2/c1-18(2,3)15-11-16(23-17(22)12-5-4-6-12)21(20-15)14-9-7-13(19)8-10-14/h7-12H,4-6H2,1-3H3. The summed E-state index contributed by atoms with van der Waals surface area (Å²) in [7, 11) is 0. The van der Waals surface area contributed by atoms with Gasteiger partial charge in [0.25, 0.3) is 0 Å². The lowest BCUT2D eigenvalue weighted by Gasteiger charge is -2.22. The van der Waals surface area contributed by atoms with E-state index in [1.807, 2.05) is 18.2 Å². The molecule has 1 fully saturated rings. The lowest BCUT2D eigenvalue weighted by Crippen LogP contribution is -2.27. The fourth-order valence-electron chi connectivity index (χ4n) is 2.40. The molecule has 1 aromatic carbocycles. The summed E-state index contributed by atoms with van der Waals surface area (Å²) >= 11 is 5.95. The first kappa shape index (κ1) is 16.1. The lowest BCUT2D eigenvalue weighted by atomic mass is 9.86. The first-order chi connectivity index (χ1) is 10.8. The minimum Gasteiger partial charge on any atom is -0.407 e. The zero-order valence-electron chi connectivity index (χ0n) is 13.7. The van der Waals surface area contributed by atoms with Gasteiger partial charge in [0.15, 0.2) is 0 Å². The van der Waals surface area contributed by atoms with Gasteiger partial charge in [-0.15, -0.1) is 0 Å². The number of hydrogen-bond donors (Lipinski definition) is 0. The van der Waals surface area contributed by atoms with Gasteiger partial charge in [-0.3, -0.25) is 4.79 Å². The second kappa shape index (κ2) is 6.00. The van der Waals surface area contributed by atoms with Crippen LogP contribution in [-0.4, -0.2) is 15.7 Å². The molecule has 5 heteroatoms. The van der Waals surface area contributed by atoms with E-state index in [1.165, 1.54) is 0 Å². The molecule has 0 N–H and O–H groups in total. The minimum absolute atomic E-state index is 0.0293. The van der Waals surface area contributed by atoms with E-state index in [9.17, 15) is 4.79 Å². The summed E-state index contributed by atoms with van der Waals surface area (Å²) in [4.78, 5) is 12.2. The van der Waals surface area contributed by atoms with Crippen LogP contribution in [0, 0.1) is 5.92 Å². The second-order valence-corrected chi connectivity index (χ2v) is 7.49. The summed E-state index contributed by atoms with van der Waals surface area (Å²) in [6.45, 7) is 6.25. The summed E-state index contributed by atoms with van der Waals surface area (Å²) in [5.41, 5.74) is 1.57. The van der Waals surface area contributed by atoms with Crippen LogP contribution in [0.15, 0.2) is 30.3 Å². The van der Waals surface area contributed by atoms with Crippen LogP contribution in [-0.2, 0) is 10.2 Å². The number of rotatable bonds is 3. The number of halogens is 1. The summed E-state index contributed by atoms with van der Waals surface area (Å²) < 4.78 is 7.31. The highest BCUT2D eigenvalue weighted by atomic mass is 35.5. The largest absolute Gasteiger partial charge is 0.407 e. The molecule has 1 aromatic heterocycles. The molecule has 0 spiro atoms. The van der Waals surface area contributed by atoms with Crippen LogP contribution in [0.25, 0.3) is 5.69 Å². The van der Waals surface area contributed by atoms with Crippen molar-refractivity contribution in [3.05, 3.63) is 41.0 Å². The number of carbonyl (C=O) groups is 1. The Balaban J connectivity index is 1.96. The van der Waals surface area contributed by atoms with Crippen LogP contribution in [0.4, 0.5) is 0 Å². The summed E-state index contributed by atoms with van der Waals surface area (Å²) in [5.74, 6) is 0.336. The Hall–Kier alpha value is -1.81. The van der Waals surface area contributed by atoms with Crippen molar-refractivity contribution in [3.8, 4) is 11.6 Å². The molecule has 4 nitrogen and oxygen atoms in total. The zero-order chi connectivity index (χ0) is 16.6. The average molecular weight is 333 g/mol. The predicted molar refractivity (Wildman–Crippen MR) is 90.3 cm³/mol. The van der Waals surface area contributed by atoms with Crippen LogP contribution >= 0.6 is 11.6 Å². The molecule has 0 saturated heterocycles. The van der Waals surface area contributed by atoms with Gasteiger partial charge >= 0.3 is 5.97 Å². The Labute approximate surface area is 141 Å². The van der Waals surface area contributed by atoms with Crippen molar-refractivity contribution in [2.75, 3.05) is 0 Å². The lowest BCUT2D eigenvalue weighted by molar-refractivity contribution is -0.142. The third kappa shape index (κ3) is 3.42. The minimum atomic E-state index is -0.160. The summed E-state index contributed by atoms with van der Waals surface area (Å²) in [5, 5.41) is 5.29. The SMILES string of the molecule is CC(C)(C)c1cc(OC(=O)C2CCC2)n(-c2ccc(Cl)cc2)n1. The van der Waals surface area contributed by atoms with Gasteiger partial charge in [-0.2, -0.15) is 5.10 Å². The fourth-order valence-corrected chi connectivity index (χ4v) is 2.53. The van der Waals surface area contributed by atoms with Crippen LogP contribution in [0.2, 0.25) is 5.02 Å². The van der Waals surface area contributed by atoms with Crippen LogP contribution in [0.5, 0.6) is 5.88 Å². The molecule has 2 aromatic rings. The van der Waals surface area contributed by atoms with Gasteiger partial charge in [0, 0.05) is 16.5 Å². The number of hydrogen-bond acceptors (Lipinski definition) is 3. The van der Waals surface area contributed by atoms with Crippen molar-refractivity contribution >= 4 is 17.6 Å². The molecule has 1 saturated carbocycles. The van der Waals surface area contributed by atoms with Crippen molar-refractivity contribution in [1.82, 2.24) is 9.78 Å². The van der Waals surface area contributed by atoms with Gasteiger partial charge in [-0.1, -0.05) is 38.8 Å². The van der Waals surface area contributed by atoms with Crippen molar-refractivity contribution in [2.24, 2.45) is 5.92 Å². The molecule has 0 atom stereocenters. The number of aromatic nitrogens is 2. The van der Waals surface area contributed by atoms with Crippen LogP contribution < -0.4 is 4.74 Å². The first-order valence-corrected chi connectivity index (χ1v) is 8.30. The van der Waals surface area contributed by atoms with Gasteiger partial charge in [-0.25, -0.2) is 4.68 Å². The smallest absolute Gasteiger partial charge is 0.315 e. The molecule has 3 rings (SSSR count). The van der Waals surface area contributed by atoms with E-state index in [1.54, 1.807) is 16.8 Å². The van der Waals surface area contributed by atoms with E-state index in [4.69, 9.17) is 16.3 Å². The third-order valence-corrected chi connectivity index (χ3v) is 4.41. The highest BCUT2D eigenvalue weighted by Crippen LogP contribution is 2.31. The highest BCUT2D eigenvalue weighted by molar-refractivity contribution is 6.30. The molecular formula is C18H21ClN2O2. The van der Waals surface area contributed by atoms with Gasteiger partial charge in [0.1, 0.15) is 0 Å². The van der Waals surface area contributed by atoms with Gasteiger partial charge < -0.3 is 4.74 Å². The van der Waals surface area contributed by atoms with E-state index in [-0.39, 0.29) is 17.3 Å². The van der Waals surface area contributed by atoms with Crippen molar-refractivity contribution < 1.29 is 9.53 Å². The highest BCUT2D eigenvalue weighted by Gasteiger charge is 2.29. The van der Waals surface area contributed by atoms with E-state index in [0.29, 0.717) is 10.9 Å². The quantitative estimate of drug-likeness (QED) is 0.776. The predicted octanol–water partition coefficient (Wildman–Crippen LogP) is 4.53. The Morgan fingerprint density at radius 1 is 1.26 bits per heavy atom. The topological polar surface area (TPSA) is 44.1 Å². The molecular weight excluding hydrogens is 312 g/mol. The maximum absolute atomic E-state index is 12.2. The Bertz CT molecular complexity index is 710. The number of ether oxygens (including phenoxy) is 1. The zero-order valence-corrected chi connectivity index (χ0v) is 14.4. The Morgan fingerprint density at radius 3 is 2.43 bits per heavy atom.